The van der Waals surface area contributed by atoms with E-state index >= 15 is 0 Å². The Morgan fingerprint density at radius 2 is 1.75 bits per heavy atom. The van der Waals surface area contributed by atoms with Gasteiger partial charge < -0.3 is 16.0 Å². The Balaban J connectivity index is 2.17. The Morgan fingerprint density at radius 3 is 2.33 bits per heavy atom. The monoisotopic (exact) mass is 322 g/mol. The molecular weight excluding hydrogens is 304 g/mol. The Labute approximate surface area is 140 Å². The van der Waals surface area contributed by atoms with E-state index in [1.54, 1.807) is 29.2 Å². The molecule has 2 rings (SSSR count). The van der Waals surface area contributed by atoms with Crippen LogP contribution in [0.4, 0.5) is 10.5 Å². The van der Waals surface area contributed by atoms with Crippen LogP contribution < -0.4 is 16.0 Å². The molecule has 3 N–H and O–H groups in total. The summed E-state index contributed by atoms with van der Waals surface area (Å²) in [6.07, 6.45) is 0.251. The number of carbonyl (C=O) groups is 2. The average molecular weight is 322 g/mol. The van der Waals surface area contributed by atoms with Gasteiger partial charge in [-0.2, -0.15) is 5.26 Å². The second kappa shape index (κ2) is 8.34. The van der Waals surface area contributed by atoms with Gasteiger partial charge in [0.05, 0.1) is 12.5 Å². The molecule has 2 aromatic carbocycles. The van der Waals surface area contributed by atoms with Crippen LogP contribution in [0.3, 0.4) is 0 Å². The zero-order valence-corrected chi connectivity index (χ0v) is 13.1. The summed E-state index contributed by atoms with van der Waals surface area (Å²) in [5, 5.41) is 11.3. The summed E-state index contributed by atoms with van der Waals surface area (Å²) in [6, 6.07) is 17.6. The molecule has 24 heavy (non-hydrogen) atoms. The molecule has 0 aliphatic heterocycles. The Kier molecular flexibility index (Phi) is 5.92. The lowest BCUT2D eigenvalue weighted by atomic mass is 10.1. The van der Waals surface area contributed by atoms with E-state index in [1.807, 2.05) is 30.3 Å². The topological polar surface area (TPSA) is 99.2 Å². The highest BCUT2D eigenvalue weighted by Gasteiger charge is 2.17. The molecule has 0 spiro atoms. The summed E-state index contributed by atoms with van der Waals surface area (Å²) in [4.78, 5) is 25.1. The third-order valence-corrected chi connectivity index (χ3v) is 3.43. The summed E-state index contributed by atoms with van der Waals surface area (Å²) in [5.74, 6) is -0.175. The molecule has 0 unspecified atom stereocenters. The normalized spacial score (nSPS) is 9.79. The van der Waals surface area contributed by atoms with E-state index in [0.717, 1.165) is 11.3 Å². The molecular formula is C18H18N4O2. The van der Waals surface area contributed by atoms with Gasteiger partial charge in [0.1, 0.15) is 0 Å². The fourth-order valence-corrected chi connectivity index (χ4v) is 2.23. The highest BCUT2D eigenvalue weighted by atomic mass is 16.2. The highest BCUT2D eigenvalue weighted by Crippen LogP contribution is 2.17. The van der Waals surface area contributed by atoms with E-state index in [1.165, 1.54) is 0 Å². The van der Waals surface area contributed by atoms with Crippen LogP contribution in [-0.4, -0.2) is 18.5 Å². The van der Waals surface area contributed by atoms with Crippen molar-refractivity contribution in [2.45, 2.75) is 13.0 Å². The van der Waals surface area contributed by atoms with Crippen molar-refractivity contribution in [1.29, 1.82) is 5.26 Å². The van der Waals surface area contributed by atoms with Gasteiger partial charge in [0.25, 0.3) is 5.91 Å². The molecule has 2 aromatic rings. The van der Waals surface area contributed by atoms with Crippen molar-refractivity contribution in [2.24, 2.45) is 5.73 Å². The SMILES string of the molecule is N#CCCN(C(=O)c1ccc(CNC(N)=O)cc1)c1ccccc1. The predicted octanol–water partition coefficient (Wildman–Crippen LogP) is 2.42. The minimum atomic E-state index is -0.595. The number of hydrogen-bond donors (Lipinski definition) is 2. The highest BCUT2D eigenvalue weighted by molar-refractivity contribution is 6.06. The molecule has 0 aromatic heterocycles. The van der Waals surface area contributed by atoms with Crippen molar-refractivity contribution < 1.29 is 9.59 Å². The quantitative estimate of drug-likeness (QED) is 0.854. The molecule has 0 atom stereocenters. The Bertz CT molecular complexity index is 736. The smallest absolute Gasteiger partial charge is 0.312 e. The maximum Gasteiger partial charge on any atom is 0.312 e. The number of para-hydroxylation sites is 1. The first-order valence-corrected chi connectivity index (χ1v) is 7.48. The summed E-state index contributed by atoms with van der Waals surface area (Å²) in [5.41, 5.74) is 7.13. The molecule has 0 saturated heterocycles. The second-order valence-electron chi connectivity index (χ2n) is 5.12. The van der Waals surface area contributed by atoms with Gasteiger partial charge in [0, 0.05) is 24.3 Å². The number of nitrogens with one attached hydrogen (secondary N) is 1. The number of carbonyl (C=O) groups excluding carboxylic acids is 2. The average Bonchev–Trinajstić information content (AvgIpc) is 2.61. The third-order valence-electron chi connectivity index (χ3n) is 3.43. The number of anilines is 1. The fourth-order valence-electron chi connectivity index (χ4n) is 2.23. The third kappa shape index (κ3) is 4.58. The summed E-state index contributed by atoms with van der Waals surface area (Å²) >= 11 is 0. The first-order valence-electron chi connectivity index (χ1n) is 7.48. The lowest BCUT2D eigenvalue weighted by molar-refractivity contribution is 0.0987. The van der Waals surface area contributed by atoms with Crippen LogP contribution in [0.5, 0.6) is 0 Å². The maximum atomic E-state index is 12.8. The van der Waals surface area contributed by atoms with Crippen molar-refractivity contribution in [3.63, 3.8) is 0 Å². The maximum absolute atomic E-state index is 12.8. The molecule has 0 radical (unpaired) electrons. The molecule has 0 heterocycles. The summed E-state index contributed by atoms with van der Waals surface area (Å²) in [6.45, 7) is 0.630. The van der Waals surface area contributed by atoms with E-state index in [0.29, 0.717) is 18.7 Å². The van der Waals surface area contributed by atoms with E-state index in [4.69, 9.17) is 11.0 Å². The standard InChI is InChI=1S/C18H18N4O2/c19-11-4-12-22(16-5-2-1-3-6-16)17(23)15-9-7-14(8-10-15)13-21-18(20)24/h1-3,5-10H,4,12-13H2,(H3,20,21,24). The van der Waals surface area contributed by atoms with Gasteiger partial charge in [-0.25, -0.2) is 4.79 Å². The minimum absolute atomic E-state index is 0.175. The Hall–Kier alpha value is -3.33. The molecule has 0 bridgehead atoms. The van der Waals surface area contributed by atoms with E-state index < -0.39 is 6.03 Å². The van der Waals surface area contributed by atoms with Crippen molar-refractivity contribution in [3.8, 4) is 6.07 Å². The number of nitrogens with two attached hydrogens (primary N) is 1. The van der Waals surface area contributed by atoms with Gasteiger partial charge in [-0.3, -0.25) is 4.79 Å². The molecule has 3 amide bonds. The number of nitrogens with zero attached hydrogens (tertiary/aromatic N) is 2. The number of rotatable bonds is 6. The first kappa shape index (κ1) is 17.0. The van der Waals surface area contributed by atoms with Crippen LogP contribution >= 0.6 is 0 Å². The van der Waals surface area contributed by atoms with E-state index in [-0.39, 0.29) is 12.3 Å². The summed E-state index contributed by atoms with van der Waals surface area (Å²) in [7, 11) is 0. The number of urea groups is 1. The number of benzene rings is 2. The van der Waals surface area contributed by atoms with Gasteiger partial charge in [-0.15, -0.1) is 0 Å². The molecule has 0 aliphatic carbocycles. The van der Waals surface area contributed by atoms with Gasteiger partial charge >= 0.3 is 6.03 Å². The van der Waals surface area contributed by atoms with E-state index in [9.17, 15) is 9.59 Å². The van der Waals surface area contributed by atoms with Crippen LogP contribution in [0.15, 0.2) is 54.6 Å². The molecule has 6 heteroatoms. The predicted molar refractivity (Wildman–Crippen MR) is 91.2 cm³/mol. The number of hydrogen-bond acceptors (Lipinski definition) is 3. The first-order chi connectivity index (χ1) is 11.6. The van der Waals surface area contributed by atoms with Gasteiger partial charge in [0.2, 0.25) is 0 Å². The summed E-state index contributed by atoms with van der Waals surface area (Å²) < 4.78 is 0. The molecule has 122 valence electrons. The van der Waals surface area contributed by atoms with Crippen LogP contribution in [0.1, 0.15) is 22.3 Å². The second-order valence-corrected chi connectivity index (χ2v) is 5.12. The molecule has 0 aliphatic rings. The number of nitriles is 1. The van der Waals surface area contributed by atoms with Gasteiger partial charge in [-0.05, 0) is 29.8 Å². The van der Waals surface area contributed by atoms with Crippen LogP contribution in [0.25, 0.3) is 0 Å². The van der Waals surface area contributed by atoms with Crippen molar-refractivity contribution >= 4 is 17.6 Å². The van der Waals surface area contributed by atoms with Crippen LogP contribution in [0, 0.1) is 11.3 Å². The number of primary amides is 1. The van der Waals surface area contributed by atoms with Gasteiger partial charge in [-0.1, -0.05) is 30.3 Å². The van der Waals surface area contributed by atoms with Crippen LogP contribution in [-0.2, 0) is 6.54 Å². The lowest BCUT2D eigenvalue weighted by Crippen LogP contribution is -2.32. The molecule has 0 saturated carbocycles. The van der Waals surface area contributed by atoms with Crippen molar-refractivity contribution in [3.05, 3.63) is 65.7 Å². The largest absolute Gasteiger partial charge is 0.352 e. The minimum Gasteiger partial charge on any atom is -0.352 e. The van der Waals surface area contributed by atoms with Crippen LogP contribution in [0.2, 0.25) is 0 Å². The van der Waals surface area contributed by atoms with Gasteiger partial charge in [0.15, 0.2) is 0 Å². The molecule has 6 nitrogen and oxygen atoms in total. The zero-order valence-electron chi connectivity index (χ0n) is 13.1. The lowest BCUT2D eigenvalue weighted by Gasteiger charge is -2.22. The molecule has 0 fully saturated rings. The number of amides is 3. The van der Waals surface area contributed by atoms with Crippen molar-refractivity contribution in [1.82, 2.24) is 5.32 Å². The Morgan fingerprint density at radius 1 is 1.08 bits per heavy atom. The zero-order chi connectivity index (χ0) is 17.4. The van der Waals surface area contributed by atoms with Crippen molar-refractivity contribution in [2.75, 3.05) is 11.4 Å². The fraction of sp³-hybridized carbons (Fsp3) is 0.167. The van der Waals surface area contributed by atoms with E-state index in [2.05, 4.69) is 11.4 Å².